The van der Waals surface area contributed by atoms with Crippen LogP contribution in [0.15, 0.2) is 54.6 Å². The van der Waals surface area contributed by atoms with Gasteiger partial charge in [0.15, 0.2) is 5.69 Å². The van der Waals surface area contributed by atoms with Crippen LogP contribution in [0.5, 0.6) is 5.75 Å². The molecule has 0 bridgehead atoms. The molecule has 0 unspecified atom stereocenters. The molecule has 3 aromatic rings. The molecule has 0 fully saturated rings. The molecule has 0 aliphatic heterocycles. The maximum atomic E-state index is 13.3. The van der Waals surface area contributed by atoms with Crippen molar-refractivity contribution in [3.63, 3.8) is 0 Å². The van der Waals surface area contributed by atoms with Crippen LogP contribution in [0.25, 0.3) is 0 Å². The molecular formula is C25H28N2O3. The first-order chi connectivity index (χ1) is 14.5. The topological polar surface area (TPSA) is 65.3 Å². The summed E-state index contributed by atoms with van der Waals surface area (Å²) in [4.78, 5) is 13.3. The molecule has 156 valence electrons. The Balaban J connectivity index is 1.98. The molecule has 3 rings (SSSR count). The van der Waals surface area contributed by atoms with Gasteiger partial charge in [-0.05, 0) is 29.5 Å². The van der Waals surface area contributed by atoms with E-state index in [2.05, 4.69) is 19.2 Å². The first-order valence-electron chi connectivity index (χ1n) is 10.3. The van der Waals surface area contributed by atoms with Gasteiger partial charge in [-0.1, -0.05) is 62.4 Å². The number of benzene rings is 2. The number of aromatic nitrogens is 1. The molecule has 5 heteroatoms. The highest BCUT2D eigenvalue weighted by molar-refractivity contribution is 6.07. The van der Waals surface area contributed by atoms with Gasteiger partial charge in [0.05, 0.1) is 0 Å². The summed E-state index contributed by atoms with van der Waals surface area (Å²) in [6.07, 6.45) is 1.60. The molecule has 0 atom stereocenters. The smallest absolute Gasteiger partial charge is 0.265 e. The lowest BCUT2D eigenvalue weighted by atomic mass is 10.0. The van der Waals surface area contributed by atoms with Gasteiger partial charge in [0, 0.05) is 25.6 Å². The lowest BCUT2D eigenvalue weighted by Gasteiger charge is -2.18. The van der Waals surface area contributed by atoms with Crippen molar-refractivity contribution in [3.8, 4) is 5.75 Å². The maximum absolute atomic E-state index is 13.3. The predicted octanol–water partition coefficient (Wildman–Crippen LogP) is 4.89. The minimum absolute atomic E-state index is 0.263. The highest BCUT2D eigenvalue weighted by Crippen LogP contribution is 2.27. The Morgan fingerprint density at radius 1 is 1.00 bits per heavy atom. The van der Waals surface area contributed by atoms with Gasteiger partial charge < -0.3 is 15.3 Å². The summed E-state index contributed by atoms with van der Waals surface area (Å²) in [6.45, 7) is 7.78. The third-order valence-corrected chi connectivity index (χ3v) is 5.27. The van der Waals surface area contributed by atoms with Crippen molar-refractivity contribution in [2.75, 3.05) is 5.32 Å². The lowest BCUT2D eigenvalue weighted by Crippen LogP contribution is -2.37. The second kappa shape index (κ2) is 9.44. The molecule has 5 nitrogen and oxygen atoms in total. The number of hydrogen-bond acceptors (Lipinski definition) is 3. The SMILES string of the molecule is CCc1cccc(CC)c1NC(=O)c1c(OCc2ccccc2)cc(C)[n+]([O-])c1C. The van der Waals surface area contributed by atoms with Crippen LogP contribution >= 0.6 is 0 Å². The number of pyridine rings is 1. The number of carbonyl (C=O) groups is 1. The molecule has 1 N–H and O–H groups in total. The largest absolute Gasteiger partial charge is 0.618 e. The molecule has 0 aliphatic rings. The van der Waals surface area contributed by atoms with Crippen LogP contribution in [-0.4, -0.2) is 5.91 Å². The average Bonchev–Trinajstić information content (AvgIpc) is 2.76. The zero-order chi connectivity index (χ0) is 21.7. The van der Waals surface area contributed by atoms with E-state index in [1.54, 1.807) is 19.9 Å². The van der Waals surface area contributed by atoms with Crippen LogP contribution in [0, 0.1) is 19.1 Å². The van der Waals surface area contributed by atoms with Crippen molar-refractivity contribution in [2.24, 2.45) is 0 Å². The molecule has 0 aliphatic carbocycles. The summed E-state index contributed by atoms with van der Waals surface area (Å²) in [6, 6.07) is 17.4. The standard InChI is InChI=1S/C25H28N2O3/c1-5-20-13-10-14-21(6-2)24(20)26-25(28)23-18(4)27(29)17(3)15-22(23)30-16-19-11-8-7-9-12-19/h7-15H,5-6,16H2,1-4H3,(H,26,28). The van der Waals surface area contributed by atoms with Crippen LogP contribution in [0.3, 0.4) is 0 Å². The zero-order valence-corrected chi connectivity index (χ0v) is 18.0. The number of hydrogen-bond donors (Lipinski definition) is 1. The number of aryl methyl sites for hydroxylation is 3. The molecule has 1 heterocycles. The molecule has 0 saturated heterocycles. The van der Waals surface area contributed by atoms with E-state index in [0.717, 1.165) is 39.9 Å². The first-order valence-corrected chi connectivity index (χ1v) is 10.3. The highest BCUT2D eigenvalue weighted by Gasteiger charge is 2.25. The summed E-state index contributed by atoms with van der Waals surface area (Å²) in [5, 5.41) is 15.6. The summed E-state index contributed by atoms with van der Waals surface area (Å²) < 4.78 is 6.77. The summed E-state index contributed by atoms with van der Waals surface area (Å²) in [7, 11) is 0. The average molecular weight is 405 g/mol. The van der Waals surface area contributed by atoms with Crippen molar-refractivity contribution in [3.05, 3.63) is 93.4 Å². The van der Waals surface area contributed by atoms with Gasteiger partial charge in [-0.2, -0.15) is 4.73 Å². The minimum atomic E-state index is -0.337. The Morgan fingerprint density at radius 2 is 1.63 bits per heavy atom. The first kappa shape index (κ1) is 21.4. The van der Waals surface area contributed by atoms with Crippen LogP contribution in [-0.2, 0) is 19.4 Å². The number of anilines is 1. The van der Waals surface area contributed by atoms with Gasteiger partial charge >= 0.3 is 0 Å². The van der Waals surface area contributed by atoms with E-state index in [4.69, 9.17) is 4.74 Å². The normalized spacial score (nSPS) is 10.7. The molecular weight excluding hydrogens is 376 g/mol. The van der Waals surface area contributed by atoms with Crippen LogP contribution < -0.4 is 14.8 Å². The summed E-state index contributed by atoms with van der Waals surface area (Å²) >= 11 is 0. The second-order valence-corrected chi connectivity index (χ2v) is 7.29. The monoisotopic (exact) mass is 404 g/mol. The molecule has 0 saturated carbocycles. The van der Waals surface area contributed by atoms with Crippen molar-refractivity contribution >= 4 is 11.6 Å². The number of rotatable bonds is 7. The summed E-state index contributed by atoms with van der Waals surface area (Å²) in [5.41, 5.74) is 5.00. The van der Waals surface area contributed by atoms with Gasteiger partial charge in [0.1, 0.15) is 17.9 Å². The van der Waals surface area contributed by atoms with Crippen LogP contribution in [0.1, 0.15) is 52.3 Å². The highest BCUT2D eigenvalue weighted by atomic mass is 16.5. The summed E-state index contributed by atoms with van der Waals surface area (Å²) in [5.74, 6) is 0.0706. The Kier molecular flexibility index (Phi) is 6.72. The molecule has 1 amide bonds. The van der Waals surface area contributed by atoms with Crippen LogP contribution in [0.4, 0.5) is 5.69 Å². The van der Waals surface area contributed by atoms with E-state index in [9.17, 15) is 10.0 Å². The Hall–Kier alpha value is -3.34. The number of nitrogens with zero attached hydrogens (tertiary/aromatic N) is 1. The lowest BCUT2D eigenvalue weighted by molar-refractivity contribution is -0.619. The number of ether oxygens (including phenoxy) is 1. The number of amides is 1. The number of nitrogens with one attached hydrogen (secondary N) is 1. The third kappa shape index (κ3) is 4.46. The van der Waals surface area contributed by atoms with Crippen molar-refractivity contribution < 1.29 is 14.3 Å². The van der Waals surface area contributed by atoms with Gasteiger partial charge in [0.2, 0.25) is 5.69 Å². The minimum Gasteiger partial charge on any atom is -0.618 e. The van der Waals surface area contributed by atoms with Crippen molar-refractivity contribution in [1.82, 2.24) is 0 Å². The van der Waals surface area contributed by atoms with Gasteiger partial charge in [-0.3, -0.25) is 4.79 Å². The number of para-hydroxylation sites is 1. The second-order valence-electron chi connectivity index (χ2n) is 7.29. The maximum Gasteiger partial charge on any atom is 0.265 e. The van der Waals surface area contributed by atoms with Crippen LogP contribution in [0.2, 0.25) is 0 Å². The molecule has 2 aromatic carbocycles. The predicted molar refractivity (Wildman–Crippen MR) is 119 cm³/mol. The van der Waals surface area contributed by atoms with E-state index in [1.165, 1.54) is 0 Å². The molecule has 0 spiro atoms. The Labute approximate surface area is 177 Å². The van der Waals surface area contributed by atoms with Crippen molar-refractivity contribution in [1.29, 1.82) is 0 Å². The fourth-order valence-corrected chi connectivity index (χ4v) is 3.57. The Bertz CT molecular complexity index is 1020. The van der Waals surface area contributed by atoms with E-state index in [0.29, 0.717) is 23.7 Å². The number of carbonyl (C=O) groups excluding carboxylic acids is 1. The van der Waals surface area contributed by atoms with E-state index in [-0.39, 0.29) is 11.5 Å². The van der Waals surface area contributed by atoms with E-state index < -0.39 is 0 Å². The van der Waals surface area contributed by atoms with Gasteiger partial charge in [0.25, 0.3) is 5.91 Å². The fraction of sp³-hybridized carbons (Fsp3) is 0.280. The van der Waals surface area contributed by atoms with Crippen molar-refractivity contribution in [2.45, 2.75) is 47.1 Å². The molecule has 0 radical (unpaired) electrons. The van der Waals surface area contributed by atoms with Gasteiger partial charge in [-0.15, -0.1) is 0 Å². The quantitative estimate of drug-likeness (QED) is 0.450. The third-order valence-electron chi connectivity index (χ3n) is 5.27. The Morgan fingerprint density at radius 3 is 2.23 bits per heavy atom. The molecule has 1 aromatic heterocycles. The van der Waals surface area contributed by atoms with Gasteiger partial charge in [-0.25, -0.2) is 0 Å². The van der Waals surface area contributed by atoms with E-state index >= 15 is 0 Å². The van der Waals surface area contributed by atoms with E-state index in [1.807, 2.05) is 48.5 Å². The molecule has 30 heavy (non-hydrogen) atoms. The fourth-order valence-electron chi connectivity index (χ4n) is 3.57. The zero-order valence-electron chi connectivity index (χ0n) is 18.0.